The zero-order valence-electron chi connectivity index (χ0n) is 15.6. The number of benzene rings is 1. The number of hydrogen-bond acceptors (Lipinski definition) is 4. The minimum atomic E-state index is -1.38. The van der Waals surface area contributed by atoms with Crippen molar-refractivity contribution in [1.82, 2.24) is 19.1 Å². The number of nitrogens with zero attached hydrogens (tertiary/aromatic N) is 5. The van der Waals surface area contributed by atoms with Gasteiger partial charge in [0.2, 0.25) is 0 Å². The Morgan fingerprint density at radius 2 is 1.90 bits per heavy atom. The standard InChI is InChI=1S/C22H15ClFN5O/c23-18-6-8-21(30)29(13-18)20-7-3-16(10-27-20)12-28-14-26-11-19(28)22(24)17-4-1-15(9-25)2-5-17/h1-8,10-11,13-14,22H,12H2/t22-/m1/s1. The second-order valence-electron chi connectivity index (χ2n) is 6.62. The van der Waals surface area contributed by atoms with Gasteiger partial charge in [-0.25, -0.2) is 14.4 Å². The fourth-order valence-electron chi connectivity index (χ4n) is 3.06. The summed E-state index contributed by atoms with van der Waals surface area (Å²) < 4.78 is 18.1. The second kappa shape index (κ2) is 8.31. The van der Waals surface area contributed by atoms with Gasteiger partial charge in [0.1, 0.15) is 5.82 Å². The van der Waals surface area contributed by atoms with Gasteiger partial charge in [0.25, 0.3) is 5.56 Å². The van der Waals surface area contributed by atoms with Gasteiger partial charge < -0.3 is 4.57 Å². The average Bonchev–Trinajstić information content (AvgIpc) is 3.23. The molecule has 1 aromatic carbocycles. The molecule has 8 heteroatoms. The minimum Gasteiger partial charge on any atom is -0.327 e. The summed E-state index contributed by atoms with van der Waals surface area (Å²) in [6.07, 6.45) is 4.79. The lowest BCUT2D eigenvalue weighted by Crippen LogP contribution is -2.17. The van der Waals surface area contributed by atoms with Crippen LogP contribution in [-0.2, 0) is 6.54 Å². The number of rotatable bonds is 5. The van der Waals surface area contributed by atoms with Crippen LogP contribution < -0.4 is 5.56 Å². The van der Waals surface area contributed by atoms with Crippen molar-refractivity contribution in [2.24, 2.45) is 0 Å². The molecule has 0 saturated heterocycles. The van der Waals surface area contributed by atoms with E-state index in [0.717, 1.165) is 5.56 Å². The first kappa shape index (κ1) is 19.6. The highest BCUT2D eigenvalue weighted by Crippen LogP contribution is 2.26. The third-order valence-corrected chi connectivity index (χ3v) is 4.84. The first-order valence-electron chi connectivity index (χ1n) is 9.03. The van der Waals surface area contributed by atoms with Crippen molar-refractivity contribution in [2.45, 2.75) is 12.7 Å². The van der Waals surface area contributed by atoms with E-state index in [0.29, 0.717) is 34.2 Å². The van der Waals surface area contributed by atoms with Crippen LogP contribution in [-0.4, -0.2) is 19.1 Å². The molecule has 0 saturated carbocycles. The summed E-state index contributed by atoms with van der Waals surface area (Å²) in [6.45, 7) is 0.365. The van der Waals surface area contributed by atoms with Crippen LogP contribution in [0.4, 0.5) is 4.39 Å². The van der Waals surface area contributed by atoms with Gasteiger partial charge in [-0.3, -0.25) is 9.36 Å². The van der Waals surface area contributed by atoms with E-state index in [4.69, 9.17) is 16.9 Å². The molecule has 1 atom stereocenters. The molecule has 0 amide bonds. The first-order chi connectivity index (χ1) is 14.5. The molecule has 6 nitrogen and oxygen atoms in total. The van der Waals surface area contributed by atoms with E-state index in [-0.39, 0.29) is 5.56 Å². The summed E-state index contributed by atoms with van der Waals surface area (Å²) in [5, 5.41) is 9.32. The van der Waals surface area contributed by atoms with Crippen molar-refractivity contribution < 1.29 is 4.39 Å². The minimum absolute atomic E-state index is 0.237. The lowest BCUT2D eigenvalue weighted by Gasteiger charge is -2.13. The van der Waals surface area contributed by atoms with Crippen LogP contribution in [0.2, 0.25) is 5.02 Å². The van der Waals surface area contributed by atoms with E-state index < -0.39 is 6.17 Å². The Morgan fingerprint density at radius 3 is 2.60 bits per heavy atom. The molecule has 4 aromatic rings. The average molecular weight is 420 g/mol. The Bertz CT molecular complexity index is 1270. The molecule has 0 spiro atoms. The molecule has 0 aliphatic carbocycles. The summed E-state index contributed by atoms with van der Waals surface area (Å²) in [5.41, 5.74) is 1.91. The summed E-state index contributed by atoms with van der Waals surface area (Å²) in [5.74, 6) is 0.443. The molecule has 0 aliphatic rings. The van der Waals surface area contributed by atoms with Crippen molar-refractivity contribution in [3.63, 3.8) is 0 Å². The van der Waals surface area contributed by atoms with E-state index in [1.165, 1.54) is 29.1 Å². The lowest BCUT2D eigenvalue weighted by molar-refractivity contribution is 0.382. The van der Waals surface area contributed by atoms with Crippen LogP contribution >= 0.6 is 11.6 Å². The monoisotopic (exact) mass is 419 g/mol. The van der Waals surface area contributed by atoms with Crippen LogP contribution in [0.1, 0.15) is 28.6 Å². The fraction of sp³-hybridized carbons (Fsp3) is 0.0909. The van der Waals surface area contributed by atoms with Crippen LogP contribution in [0.3, 0.4) is 0 Å². The maximum atomic E-state index is 15.1. The predicted molar refractivity (Wildman–Crippen MR) is 110 cm³/mol. The number of hydrogen-bond donors (Lipinski definition) is 0. The Kier molecular flexibility index (Phi) is 5.42. The molecule has 4 rings (SSSR count). The molecule has 0 N–H and O–H groups in total. The topological polar surface area (TPSA) is 76.5 Å². The molecular formula is C22H15ClFN5O. The van der Waals surface area contributed by atoms with Crippen molar-refractivity contribution >= 4 is 11.6 Å². The van der Waals surface area contributed by atoms with Gasteiger partial charge in [0.15, 0.2) is 6.17 Å². The molecule has 0 bridgehead atoms. The third kappa shape index (κ3) is 4.00. The maximum absolute atomic E-state index is 15.1. The quantitative estimate of drug-likeness (QED) is 0.488. The Morgan fingerprint density at radius 1 is 1.10 bits per heavy atom. The molecule has 30 heavy (non-hydrogen) atoms. The van der Waals surface area contributed by atoms with E-state index in [1.807, 2.05) is 12.1 Å². The highest BCUT2D eigenvalue weighted by molar-refractivity contribution is 6.30. The predicted octanol–water partition coefficient (Wildman–Crippen LogP) is 4.06. The summed E-state index contributed by atoms with van der Waals surface area (Å²) >= 11 is 5.96. The number of nitriles is 1. The molecule has 0 unspecified atom stereocenters. The first-order valence-corrected chi connectivity index (χ1v) is 9.40. The molecule has 0 radical (unpaired) electrons. The Balaban J connectivity index is 1.56. The number of imidazole rings is 1. The van der Waals surface area contributed by atoms with Gasteiger partial charge >= 0.3 is 0 Å². The van der Waals surface area contributed by atoms with Crippen molar-refractivity contribution in [2.75, 3.05) is 0 Å². The SMILES string of the molecule is N#Cc1ccc([C@@H](F)c2cncn2Cc2ccc(-n3cc(Cl)ccc3=O)nc2)cc1. The molecular weight excluding hydrogens is 405 g/mol. The zero-order valence-corrected chi connectivity index (χ0v) is 16.4. The number of aromatic nitrogens is 4. The second-order valence-corrected chi connectivity index (χ2v) is 7.06. The van der Waals surface area contributed by atoms with E-state index in [1.54, 1.807) is 47.4 Å². The van der Waals surface area contributed by atoms with Crippen LogP contribution in [0, 0.1) is 11.3 Å². The van der Waals surface area contributed by atoms with Crippen molar-refractivity contribution in [1.29, 1.82) is 5.26 Å². The zero-order chi connectivity index (χ0) is 21.1. The summed E-state index contributed by atoms with van der Waals surface area (Å²) in [7, 11) is 0. The number of pyridine rings is 2. The highest BCUT2D eigenvalue weighted by Gasteiger charge is 2.17. The number of halogens is 2. The maximum Gasteiger partial charge on any atom is 0.256 e. The van der Waals surface area contributed by atoms with Crippen molar-refractivity contribution in [3.05, 3.63) is 111 Å². The van der Waals surface area contributed by atoms with Crippen molar-refractivity contribution in [3.8, 4) is 11.9 Å². The van der Waals surface area contributed by atoms with Gasteiger partial charge in [-0.1, -0.05) is 29.8 Å². The molecule has 0 aliphatic heterocycles. The van der Waals surface area contributed by atoms with E-state index >= 15 is 4.39 Å². The Hall–Kier alpha value is -3.76. The highest BCUT2D eigenvalue weighted by atomic mass is 35.5. The Labute approximate surface area is 176 Å². The molecule has 3 heterocycles. The smallest absolute Gasteiger partial charge is 0.256 e. The lowest BCUT2D eigenvalue weighted by atomic mass is 10.1. The van der Waals surface area contributed by atoms with Gasteiger partial charge in [0.05, 0.1) is 41.4 Å². The number of alkyl halides is 1. The normalized spacial score (nSPS) is 11.8. The van der Waals surface area contributed by atoms with E-state index in [9.17, 15) is 4.79 Å². The van der Waals surface area contributed by atoms with Crippen LogP contribution in [0.5, 0.6) is 0 Å². The van der Waals surface area contributed by atoms with Gasteiger partial charge in [-0.05, 0) is 35.4 Å². The molecule has 148 valence electrons. The molecule has 0 fully saturated rings. The third-order valence-electron chi connectivity index (χ3n) is 4.62. The largest absolute Gasteiger partial charge is 0.327 e. The van der Waals surface area contributed by atoms with Gasteiger partial charge in [0, 0.05) is 18.5 Å². The van der Waals surface area contributed by atoms with Gasteiger partial charge in [-0.2, -0.15) is 5.26 Å². The van der Waals surface area contributed by atoms with Crippen LogP contribution in [0.25, 0.3) is 5.82 Å². The fourth-order valence-corrected chi connectivity index (χ4v) is 3.22. The van der Waals surface area contributed by atoms with Gasteiger partial charge in [-0.15, -0.1) is 0 Å². The summed E-state index contributed by atoms with van der Waals surface area (Å²) in [4.78, 5) is 20.4. The molecule has 3 aromatic heterocycles. The van der Waals surface area contributed by atoms with Crippen LogP contribution in [0.15, 0.2) is 78.2 Å². The summed E-state index contributed by atoms with van der Waals surface area (Å²) in [6, 6.07) is 14.8. The van der Waals surface area contributed by atoms with E-state index in [2.05, 4.69) is 9.97 Å².